The van der Waals surface area contributed by atoms with Crippen molar-refractivity contribution in [3.05, 3.63) is 93.5 Å². The molecule has 1 aliphatic heterocycles. The molecule has 1 aliphatic rings. The molecular weight excluding hydrogens is 420 g/mol. The predicted molar refractivity (Wildman–Crippen MR) is 115 cm³/mol. The summed E-state index contributed by atoms with van der Waals surface area (Å²) in [4.78, 5) is 50.5. The van der Waals surface area contributed by atoms with Crippen LogP contribution in [0.2, 0.25) is 5.02 Å². The van der Waals surface area contributed by atoms with Gasteiger partial charge in [0.05, 0.1) is 22.4 Å². The first-order valence-corrected chi connectivity index (χ1v) is 9.57. The van der Waals surface area contributed by atoms with E-state index >= 15 is 0 Å². The van der Waals surface area contributed by atoms with Crippen molar-refractivity contribution in [3.63, 3.8) is 0 Å². The molecule has 31 heavy (non-hydrogen) atoms. The van der Waals surface area contributed by atoms with Crippen LogP contribution in [0.1, 0.15) is 47.0 Å². The lowest BCUT2D eigenvalue weighted by Gasteiger charge is -2.16. The number of benzene rings is 3. The minimum Gasteiger partial charge on any atom is -0.478 e. The summed E-state index contributed by atoms with van der Waals surface area (Å²) >= 11 is 6.16. The average molecular weight is 435 g/mol. The highest BCUT2D eigenvalue weighted by Crippen LogP contribution is 2.32. The summed E-state index contributed by atoms with van der Waals surface area (Å²) in [5.41, 5.74) is 1.86. The molecule has 8 heteroatoms. The van der Waals surface area contributed by atoms with E-state index in [-0.39, 0.29) is 33.0 Å². The van der Waals surface area contributed by atoms with Gasteiger partial charge in [-0.25, -0.2) is 9.69 Å². The Balaban J connectivity index is 1.67. The lowest BCUT2D eigenvalue weighted by atomic mass is 10.1. The summed E-state index contributed by atoms with van der Waals surface area (Å²) in [6.45, 7) is 1.93. The van der Waals surface area contributed by atoms with Gasteiger partial charge in [-0.2, -0.15) is 0 Å². The van der Waals surface area contributed by atoms with E-state index in [0.717, 1.165) is 16.5 Å². The minimum atomic E-state index is -1.21. The number of fused-ring (bicyclic) bond motifs is 1. The summed E-state index contributed by atoms with van der Waals surface area (Å²) in [5.74, 6) is -2.98. The molecule has 3 aromatic rings. The van der Waals surface area contributed by atoms with Crippen LogP contribution in [0.25, 0.3) is 0 Å². The summed E-state index contributed by atoms with van der Waals surface area (Å²) in [7, 11) is 0. The van der Waals surface area contributed by atoms with Gasteiger partial charge in [0, 0.05) is 16.3 Å². The molecule has 0 spiro atoms. The molecule has 0 unspecified atom stereocenters. The smallest absolute Gasteiger partial charge is 0.335 e. The Morgan fingerprint density at radius 2 is 1.55 bits per heavy atom. The van der Waals surface area contributed by atoms with Gasteiger partial charge in [-0.15, -0.1) is 0 Å². The van der Waals surface area contributed by atoms with E-state index in [1.54, 1.807) is 12.1 Å². The summed E-state index contributed by atoms with van der Waals surface area (Å²) in [6.07, 6.45) is 0. The fourth-order valence-corrected chi connectivity index (χ4v) is 3.51. The maximum atomic E-state index is 12.9. The van der Waals surface area contributed by atoms with E-state index in [2.05, 4.69) is 5.32 Å². The maximum absolute atomic E-state index is 12.9. The zero-order chi connectivity index (χ0) is 22.3. The molecular formula is C23H15ClN2O5. The average Bonchev–Trinajstić information content (AvgIpc) is 2.99. The van der Waals surface area contributed by atoms with E-state index in [1.807, 2.05) is 19.1 Å². The molecule has 3 amide bonds. The molecule has 4 rings (SSSR count). The van der Waals surface area contributed by atoms with E-state index < -0.39 is 23.7 Å². The Kier molecular flexibility index (Phi) is 5.04. The Bertz CT molecular complexity index is 1270. The van der Waals surface area contributed by atoms with Crippen molar-refractivity contribution in [1.82, 2.24) is 0 Å². The van der Waals surface area contributed by atoms with Crippen LogP contribution in [-0.2, 0) is 0 Å². The maximum Gasteiger partial charge on any atom is 0.335 e. The van der Waals surface area contributed by atoms with Crippen molar-refractivity contribution in [2.24, 2.45) is 0 Å². The Hall–Kier alpha value is -3.97. The highest BCUT2D eigenvalue weighted by atomic mass is 35.5. The number of carboxylic acid groups (broad SMARTS) is 1. The number of rotatable bonds is 4. The molecule has 1 heterocycles. The monoisotopic (exact) mass is 434 g/mol. The van der Waals surface area contributed by atoms with Gasteiger partial charge in [0.15, 0.2) is 0 Å². The molecule has 0 bridgehead atoms. The molecule has 3 aromatic carbocycles. The van der Waals surface area contributed by atoms with E-state index in [9.17, 15) is 19.2 Å². The number of nitrogens with zero attached hydrogens (tertiary/aromatic N) is 1. The Labute approximate surface area is 181 Å². The fraction of sp³-hybridized carbons (Fsp3) is 0.0435. The number of imide groups is 1. The highest BCUT2D eigenvalue weighted by Gasteiger charge is 2.37. The van der Waals surface area contributed by atoms with Gasteiger partial charge < -0.3 is 10.4 Å². The SMILES string of the molecule is Cc1ccc(NC(=O)c2cc(Cl)cc(N3C(=O)c4ccc(C(=O)O)cc4C3=O)c2)cc1. The second-order valence-corrected chi connectivity index (χ2v) is 7.47. The van der Waals surface area contributed by atoms with Gasteiger partial charge in [-0.3, -0.25) is 14.4 Å². The summed E-state index contributed by atoms with van der Waals surface area (Å²) < 4.78 is 0. The Morgan fingerprint density at radius 3 is 2.23 bits per heavy atom. The molecule has 0 saturated carbocycles. The first-order valence-electron chi connectivity index (χ1n) is 9.19. The number of amides is 3. The van der Waals surface area contributed by atoms with Crippen molar-refractivity contribution in [3.8, 4) is 0 Å². The number of carbonyl (C=O) groups excluding carboxylic acids is 3. The second-order valence-electron chi connectivity index (χ2n) is 7.03. The van der Waals surface area contributed by atoms with Gasteiger partial charge in [0.25, 0.3) is 17.7 Å². The van der Waals surface area contributed by atoms with Crippen LogP contribution in [0.3, 0.4) is 0 Å². The number of hydrogen-bond acceptors (Lipinski definition) is 4. The van der Waals surface area contributed by atoms with Crippen molar-refractivity contribution in [1.29, 1.82) is 0 Å². The lowest BCUT2D eigenvalue weighted by Crippen LogP contribution is -2.29. The van der Waals surface area contributed by atoms with Crippen LogP contribution < -0.4 is 10.2 Å². The number of aromatic carboxylic acids is 1. The van der Waals surface area contributed by atoms with Crippen LogP contribution in [-0.4, -0.2) is 28.8 Å². The normalized spacial score (nSPS) is 12.6. The number of aryl methyl sites for hydroxylation is 1. The molecule has 0 fully saturated rings. The van der Waals surface area contributed by atoms with Crippen LogP contribution >= 0.6 is 11.6 Å². The Morgan fingerprint density at radius 1 is 0.871 bits per heavy atom. The fourth-order valence-electron chi connectivity index (χ4n) is 3.28. The summed E-state index contributed by atoms with van der Waals surface area (Å²) in [6, 6.07) is 15.1. The van der Waals surface area contributed by atoms with Gasteiger partial charge in [0.1, 0.15) is 0 Å². The molecule has 0 radical (unpaired) electrons. The molecule has 0 atom stereocenters. The number of nitrogens with one attached hydrogen (secondary N) is 1. The van der Waals surface area contributed by atoms with E-state index in [4.69, 9.17) is 16.7 Å². The molecule has 2 N–H and O–H groups in total. The first-order chi connectivity index (χ1) is 14.7. The van der Waals surface area contributed by atoms with Crippen LogP contribution in [0, 0.1) is 6.92 Å². The standard InChI is InChI=1S/C23H15ClN2O5/c1-12-2-5-16(6-3-12)25-20(27)14-8-15(24)11-17(9-14)26-21(28)18-7-4-13(23(30)31)10-19(18)22(26)29/h2-11H,1H3,(H,25,27)(H,30,31). The lowest BCUT2D eigenvalue weighted by molar-refractivity contribution is 0.0696. The van der Waals surface area contributed by atoms with E-state index in [0.29, 0.717) is 5.69 Å². The highest BCUT2D eigenvalue weighted by molar-refractivity contribution is 6.36. The third-order valence-corrected chi connectivity index (χ3v) is 5.06. The van der Waals surface area contributed by atoms with Crippen molar-refractivity contribution in [2.45, 2.75) is 6.92 Å². The number of anilines is 2. The van der Waals surface area contributed by atoms with Crippen LogP contribution in [0.15, 0.2) is 60.7 Å². The zero-order valence-electron chi connectivity index (χ0n) is 16.2. The first kappa shape index (κ1) is 20.3. The molecule has 7 nitrogen and oxygen atoms in total. The van der Waals surface area contributed by atoms with Gasteiger partial charge in [-0.05, 0) is 55.5 Å². The van der Waals surface area contributed by atoms with E-state index in [1.165, 1.54) is 30.3 Å². The number of carboxylic acids is 1. The third-order valence-electron chi connectivity index (χ3n) is 4.85. The van der Waals surface area contributed by atoms with Crippen LogP contribution in [0.4, 0.5) is 11.4 Å². The molecule has 154 valence electrons. The number of carbonyl (C=O) groups is 4. The topological polar surface area (TPSA) is 104 Å². The van der Waals surface area contributed by atoms with Gasteiger partial charge in [0.2, 0.25) is 0 Å². The molecule has 0 aliphatic carbocycles. The van der Waals surface area contributed by atoms with Crippen molar-refractivity contribution in [2.75, 3.05) is 10.2 Å². The van der Waals surface area contributed by atoms with Crippen molar-refractivity contribution < 1.29 is 24.3 Å². The minimum absolute atomic E-state index is 0.0180. The van der Waals surface area contributed by atoms with Crippen molar-refractivity contribution >= 4 is 46.7 Å². The van der Waals surface area contributed by atoms with Gasteiger partial charge in [-0.1, -0.05) is 29.3 Å². The number of halogens is 1. The largest absolute Gasteiger partial charge is 0.478 e. The quantitative estimate of drug-likeness (QED) is 0.592. The van der Waals surface area contributed by atoms with Crippen LogP contribution in [0.5, 0.6) is 0 Å². The van der Waals surface area contributed by atoms with Gasteiger partial charge >= 0.3 is 5.97 Å². The second kappa shape index (κ2) is 7.70. The molecule has 0 saturated heterocycles. The third kappa shape index (κ3) is 3.78. The summed E-state index contributed by atoms with van der Waals surface area (Å²) in [5, 5.41) is 12.0. The molecule has 0 aromatic heterocycles. The number of hydrogen-bond donors (Lipinski definition) is 2. The predicted octanol–water partition coefficient (Wildman–Crippen LogP) is 4.40. The zero-order valence-corrected chi connectivity index (χ0v) is 16.9.